The normalized spacial score (nSPS) is 21.3. The highest BCUT2D eigenvalue weighted by molar-refractivity contribution is 7.17. The number of halogens is 1. The predicted molar refractivity (Wildman–Crippen MR) is 89.6 cm³/mol. The van der Waals surface area contributed by atoms with Gasteiger partial charge in [0.25, 0.3) is 5.91 Å². The van der Waals surface area contributed by atoms with E-state index in [9.17, 15) is 9.59 Å². The van der Waals surface area contributed by atoms with E-state index in [2.05, 4.69) is 19.2 Å². The fourth-order valence-electron chi connectivity index (χ4n) is 2.70. The Kier molecular flexibility index (Phi) is 5.34. The zero-order valence-electron chi connectivity index (χ0n) is 13.3. The number of hydrogen-bond donors (Lipinski definition) is 1. The van der Waals surface area contributed by atoms with Crippen LogP contribution in [0.25, 0.3) is 0 Å². The van der Waals surface area contributed by atoms with Crippen molar-refractivity contribution in [2.45, 2.75) is 19.9 Å². The maximum absolute atomic E-state index is 12.5. The van der Waals surface area contributed by atoms with Crippen LogP contribution in [0.4, 0.5) is 4.79 Å². The Hall–Kier alpha value is -1.27. The zero-order chi connectivity index (χ0) is 16.4. The van der Waals surface area contributed by atoms with Crippen molar-refractivity contribution in [3.05, 3.63) is 21.3 Å². The van der Waals surface area contributed by atoms with Gasteiger partial charge in [-0.1, -0.05) is 25.4 Å². The molecule has 1 saturated heterocycles. The second-order valence-corrected chi connectivity index (χ2v) is 7.89. The van der Waals surface area contributed by atoms with Gasteiger partial charge in [-0.15, -0.1) is 11.3 Å². The second-order valence-electron chi connectivity index (χ2n) is 6.17. The van der Waals surface area contributed by atoms with E-state index in [0.717, 1.165) is 0 Å². The summed E-state index contributed by atoms with van der Waals surface area (Å²) in [6.07, 6.45) is 0. The Morgan fingerprint density at radius 3 is 2.55 bits per heavy atom. The Bertz CT molecular complexity index is 559. The number of urea groups is 1. The van der Waals surface area contributed by atoms with Crippen molar-refractivity contribution in [2.75, 3.05) is 27.2 Å². The summed E-state index contributed by atoms with van der Waals surface area (Å²) >= 11 is 7.20. The molecule has 5 nitrogen and oxygen atoms in total. The molecule has 1 N–H and O–H groups in total. The standard InChI is InChI=1S/C15H22ClN3O2S/c1-9(2)10-7-19(8-11(10)17-15(21)18(3)4)14(20)12-5-6-13(16)22-12/h5-6,9-11H,7-8H2,1-4H3,(H,17,21)/t10-,11+/m0/s1. The summed E-state index contributed by atoms with van der Waals surface area (Å²) in [4.78, 5) is 28.4. The minimum Gasteiger partial charge on any atom is -0.336 e. The third-order valence-electron chi connectivity index (χ3n) is 4.01. The Labute approximate surface area is 140 Å². The summed E-state index contributed by atoms with van der Waals surface area (Å²) in [6.45, 7) is 5.44. The Morgan fingerprint density at radius 1 is 1.36 bits per heavy atom. The number of carbonyl (C=O) groups is 2. The average molecular weight is 344 g/mol. The Balaban J connectivity index is 2.09. The smallest absolute Gasteiger partial charge is 0.317 e. The van der Waals surface area contributed by atoms with Crippen LogP contribution in [0.1, 0.15) is 23.5 Å². The van der Waals surface area contributed by atoms with Gasteiger partial charge in [0, 0.05) is 33.1 Å². The first-order valence-electron chi connectivity index (χ1n) is 7.32. The predicted octanol–water partition coefficient (Wildman–Crippen LogP) is 2.77. The maximum Gasteiger partial charge on any atom is 0.317 e. The number of thiophene rings is 1. The fourth-order valence-corrected chi connectivity index (χ4v) is 3.71. The third-order valence-corrected chi connectivity index (χ3v) is 5.23. The lowest BCUT2D eigenvalue weighted by molar-refractivity contribution is 0.0787. The fraction of sp³-hybridized carbons (Fsp3) is 0.600. The molecule has 0 spiro atoms. The quantitative estimate of drug-likeness (QED) is 0.917. The summed E-state index contributed by atoms with van der Waals surface area (Å²) in [5, 5.41) is 3.02. The minimum atomic E-state index is -0.121. The lowest BCUT2D eigenvalue weighted by Gasteiger charge is -2.24. The third kappa shape index (κ3) is 3.73. The van der Waals surface area contributed by atoms with E-state index in [4.69, 9.17) is 11.6 Å². The van der Waals surface area contributed by atoms with E-state index >= 15 is 0 Å². The monoisotopic (exact) mass is 343 g/mol. The number of amides is 3. The molecule has 2 heterocycles. The van der Waals surface area contributed by atoms with Crippen LogP contribution in [0, 0.1) is 11.8 Å². The van der Waals surface area contributed by atoms with Crippen LogP contribution in [0.3, 0.4) is 0 Å². The molecule has 1 aliphatic rings. The molecule has 2 rings (SSSR count). The molecular formula is C15H22ClN3O2S. The van der Waals surface area contributed by atoms with Gasteiger partial charge >= 0.3 is 6.03 Å². The van der Waals surface area contributed by atoms with Gasteiger partial charge in [-0.3, -0.25) is 4.79 Å². The van der Waals surface area contributed by atoms with Crippen LogP contribution >= 0.6 is 22.9 Å². The molecule has 122 valence electrons. The van der Waals surface area contributed by atoms with Crippen molar-refractivity contribution in [1.82, 2.24) is 15.1 Å². The number of nitrogens with zero attached hydrogens (tertiary/aromatic N) is 2. The van der Waals surface area contributed by atoms with Gasteiger partial charge in [-0.25, -0.2) is 4.79 Å². The van der Waals surface area contributed by atoms with E-state index < -0.39 is 0 Å². The topological polar surface area (TPSA) is 52.7 Å². The first-order valence-corrected chi connectivity index (χ1v) is 8.51. The van der Waals surface area contributed by atoms with Crippen molar-refractivity contribution in [1.29, 1.82) is 0 Å². The van der Waals surface area contributed by atoms with Crippen LogP contribution in [0.5, 0.6) is 0 Å². The van der Waals surface area contributed by atoms with Gasteiger partial charge < -0.3 is 15.1 Å². The Morgan fingerprint density at radius 2 is 2.05 bits per heavy atom. The van der Waals surface area contributed by atoms with Crippen molar-refractivity contribution >= 4 is 34.9 Å². The van der Waals surface area contributed by atoms with Gasteiger partial charge in [0.05, 0.1) is 15.3 Å². The van der Waals surface area contributed by atoms with Crippen LogP contribution in [0.15, 0.2) is 12.1 Å². The average Bonchev–Trinajstić information content (AvgIpc) is 3.04. The summed E-state index contributed by atoms with van der Waals surface area (Å²) < 4.78 is 0.611. The van der Waals surface area contributed by atoms with Crippen LogP contribution in [0.2, 0.25) is 4.34 Å². The SMILES string of the molecule is CC(C)[C@@H]1CN(C(=O)c2ccc(Cl)s2)C[C@H]1NC(=O)N(C)C. The lowest BCUT2D eigenvalue weighted by Crippen LogP contribution is -2.46. The van der Waals surface area contributed by atoms with Crippen molar-refractivity contribution in [2.24, 2.45) is 11.8 Å². The summed E-state index contributed by atoms with van der Waals surface area (Å²) in [5.74, 6) is 0.629. The lowest BCUT2D eigenvalue weighted by atomic mass is 9.91. The van der Waals surface area contributed by atoms with Crippen LogP contribution in [-0.4, -0.2) is 55.0 Å². The molecule has 1 aliphatic heterocycles. The van der Waals surface area contributed by atoms with E-state index in [1.807, 2.05) is 4.90 Å². The van der Waals surface area contributed by atoms with Crippen molar-refractivity contribution in [3.8, 4) is 0 Å². The molecule has 0 unspecified atom stereocenters. The summed E-state index contributed by atoms with van der Waals surface area (Å²) in [6, 6.07) is 3.35. The number of hydrogen-bond acceptors (Lipinski definition) is 3. The number of carbonyl (C=O) groups excluding carboxylic acids is 2. The molecule has 0 aromatic carbocycles. The van der Waals surface area contributed by atoms with E-state index in [0.29, 0.717) is 28.2 Å². The highest BCUT2D eigenvalue weighted by atomic mass is 35.5. The second kappa shape index (κ2) is 6.87. The first kappa shape index (κ1) is 17.1. The van der Waals surface area contributed by atoms with Gasteiger partial charge in [-0.05, 0) is 18.1 Å². The summed E-state index contributed by atoms with van der Waals surface area (Å²) in [7, 11) is 3.43. The van der Waals surface area contributed by atoms with E-state index in [-0.39, 0.29) is 23.9 Å². The van der Waals surface area contributed by atoms with Gasteiger partial charge in [-0.2, -0.15) is 0 Å². The highest BCUT2D eigenvalue weighted by Gasteiger charge is 2.38. The van der Waals surface area contributed by atoms with Crippen LogP contribution in [-0.2, 0) is 0 Å². The van der Waals surface area contributed by atoms with Gasteiger partial charge in [0.1, 0.15) is 0 Å². The molecule has 1 aromatic rings. The van der Waals surface area contributed by atoms with Crippen molar-refractivity contribution in [3.63, 3.8) is 0 Å². The van der Waals surface area contributed by atoms with Gasteiger partial charge in [0.2, 0.25) is 0 Å². The highest BCUT2D eigenvalue weighted by Crippen LogP contribution is 2.28. The molecule has 0 bridgehead atoms. The molecule has 0 saturated carbocycles. The molecule has 3 amide bonds. The first-order chi connectivity index (χ1) is 10.3. The molecule has 22 heavy (non-hydrogen) atoms. The largest absolute Gasteiger partial charge is 0.336 e. The maximum atomic E-state index is 12.5. The van der Waals surface area contributed by atoms with Gasteiger partial charge in [0.15, 0.2) is 0 Å². The molecule has 1 fully saturated rings. The molecular weight excluding hydrogens is 322 g/mol. The molecule has 1 aromatic heterocycles. The zero-order valence-corrected chi connectivity index (χ0v) is 14.9. The number of likely N-dealkylation sites (tertiary alicyclic amines) is 1. The molecule has 0 radical (unpaired) electrons. The molecule has 2 atom stereocenters. The molecule has 7 heteroatoms. The van der Waals surface area contributed by atoms with E-state index in [1.54, 1.807) is 26.2 Å². The number of nitrogens with one attached hydrogen (secondary N) is 1. The number of rotatable bonds is 3. The summed E-state index contributed by atoms with van der Waals surface area (Å²) in [5.41, 5.74) is 0. The van der Waals surface area contributed by atoms with E-state index in [1.165, 1.54) is 16.2 Å². The molecule has 0 aliphatic carbocycles. The minimum absolute atomic E-state index is 0.0100. The van der Waals surface area contributed by atoms with Crippen molar-refractivity contribution < 1.29 is 9.59 Å². The van der Waals surface area contributed by atoms with Crippen LogP contribution < -0.4 is 5.32 Å².